The molecule has 0 heterocycles. The van der Waals surface area contributed by atoms with Crippen LogP contribution in [0.1, 0.15) is 25.7 Å². The number of carbonyl (C=O) groups excluding carboxylic acids is 1. The van der Waals surface area contributed by atoms with E-state index in [4.69, 9.17) is 5.73 Å². The predicted molar refractivity (Wildman–Crippen MR) is 104 cm³/mol. The summed E-state index contributed by atoms with van der Waals surface area (Å²) in [5.74, 6) is 0.919. The SMILES string of the molecule is CN(CCCNC(=O)C1C2CCC(C2)C1N)c1ccccc1F.Cl.Cl. The van der Waals surface area contributed by atoms with Crippen LogP contribution in [0.15, 0.2) is 24.3 Å². The van der Waals surface area contributed by atoms with E-state index in [2.05, 4.69) is 5.32 Å². The lowest BCUT2D eigenvalue weighted by Crippen LogP contribution is -2.45. The number of carbonyl (C=O) groups is 1. The Labute approximate surface area is 161 Å². The van der Waals surface area contributed by atoms with Crippen LogP contribution in [-0.2, 0) is 4.79 Å². The molecule has 2 saturated carbocycles. The van der Waals surface area contributed by atoms with E-state index >= 15 is 0 Å². The van der Waals surface area contributed by atoms with Crippen LogP contribution in [0.25, 0.3) is 0 Å². The molecule has 4 unspecified atom stereocenters. The second-order valence-corrected chi connectivity index (χ2v) is 6.95. The number of nitrogens with two attached hydrogens (primary N) is 1. The van der Waals surface area contributed by atoms with Gasteiger partial charge in [-0.05, 0) is 49.7 Å². The maximum atomic E-state index is 13.7. The van der Waals surface area contributed by atoms with Gasteiger partial charge in [0, 0.05) is 26.2 Å². The number of hydrogen-bond donors (Lipinski definition) is 2. The molecule has 3 N–H and O–H groups in total. The van der Waals surface area contributed by atoms with Crippen molar-refractivity contribution in [1.29, 1.82) is 0 Å². The molecule has 7 heteroatoms. The molecule has 0 saturated heterocycles. The number of fused-ring (bicyclic) bond motifs is 2. The molecule has 2 aliphatic carbocycles. The van der Waals surface area contributed by atoms with Gasteiger partial charge in [0.15, 0.2) is 0 Å². The van der Waals surface area contributed by atoms with Crippen molar-refractivity contribution >= 4 is 36.4 Å². The maximum absolute atomic E-state index is 13.7. The molecule has 3 rings (SSSR count). The average molecular weight is 392 g/mol. The molecule has 1 aromatic rings. The van der Waals surface area contributed by atoms with Crippen molar-refractivity contribution in [3.05, 3.63) is 30.1 Å². The summed E-state index contributed by atoms with van der Waals surface area (Å²) >= 11 is 0. The molecule has 142 valence electrons. The van der Waals surface area contributed by atoms with Crippen molar-refractivity contribution in [1.82, 2.24) is 5.32 Å². The minimum atomic E-state index is -0.216. The standard InChI is InChI=1S/C18H26FN3O.2ClH/c1-22(15-6-3-2-5-14(15)19)10-4-9-21-18(23)16-12-7-8-13(11-12)17(16)20;;/h2-3,5-6,12-13,16-17H,4,7-11,20H2,1H3,(H,21,23);2*1H. The first-order valence-corrected chi connectivity index (χ1v) is 8.57. The minimum Gasteiger partial charge on any atom is -0.372 e. The van der Waals surface area contributed by atoms with Crippen molar-refractivity contribution in [3.8, 4) is 0 Å². The average Bonchev–Trinajstić information content (AvgIpc) is 3.12. The minimum absolute atomic E-state index is 0. The van der Waals surface area contributed by atoms with Gasteiger partial charge in [0.1, 0.15) is 5.82 Å². The molecule has 1 amide bonds. The fourth-order valence-electron chi connectivity index (χ4n) is 4.25. The molecular weight excluding hydrogens is 364 g/mol. The quantitative estimate of drug-likeness (QED) is 0.732. The van der Waals surface area contributed by atoms with Crippen LogP contribution in [0.5, 0.6) is 0 Å². The molecule has 0 radical (unpaired) electrons. The lowest BCUT2D eigenvalue weighted by atomic mass is 9.84. The first-order chi connectivity index (χ1) is 11.1. The molecule has 4 atom stereocenters. The summed E-state index contributed by atoms with van der Waals surface area (Å²) in [6.45, 7) is 1.31. The third-order valence-corrected chi connectivity index (χ3v) is 5.52. The number of nitrogens with one attached hydrogen (secondary N) is 1. The number of amides is 1. The van der Waals surface area contributed by atoms with Crippen LogP contribution in [0.2, 0.25) is 0 Å². The first-order valence-electron chi connectivity index (χ1n) is 8.57. The predicted octanol–water partition coefficient (Wildman–Crippen LogP) is 2.99. The van der Waals surface area contributed by atoms with Crippen LogP contribution in [0.4, 0.5) is 10.1 Å². The molecule has 4 nitrogen and oxygen atoms in total. The van der Waals surface area contributed by atoms with E-state index in [0.717, 1.165) is 19.3 Å². The fraction of sp³-hybridized carbons (Fsp3) is 0.611. The molecular formula is C18H28Cl2FN3O. The van der Waals surface area contributed by atoms with Crippen LogP contribution in [0, 0.1) is 23.6 Å². The van der Waals surface area contributed by atoms with Crippen molar-refractivity contribution in [2.45, 2.75) is 31.7 Å². The van der Waals surface area contributed by atoms with Gasteiger partial charge < -0.3 is 16.0 Å². The Morgan fingerprint density at radius 2 is 1.96 bits per heavy atom. The smallest absolute Gasteiger partial charge is 0.224 e. The Morgan fingerprint density at radius 1 is 1.28 bits per heavy atom. The summed E-state index contributed by atoms with van der Waals surface area (Å²) < 4.78 is 13.7. The van der Waals surface area contributed by atoms with Crippen molar-refractivity contribution in [2.75, 3.05) is 25.0 Å². The number of benzene rings is 1. The molecule has 0 aromatic heterocycles. The van der Waals surface area contributed by atoms with E-state index in [-0.39, 0.29) is 48.5 Å². The van der Waals surface area contributed by atoms with E-state index < -0.39 is 0 Å². The Morgan fingerprint density at radius 3 is 2.60 bits per heavy atom. The lowest BCUT2D eigenvalue weighted by molar-refractivity contribution is -0.127. The molecule has 2 fully saturated rings. The summed E-state index contributed by atoms with van der Waals surface area (Å²) in [4.78, 5) is 14.2. The zero-order valence-corrected chi connectivity index (χ0v) is 16.1. The second kappa shape index (κ2) is 9.60. The summed E-state index contributed by atoms with van der Waals surface area (Å²) in [6.07, 6.45) is 4.23. The van der Waals surface area contributed by atoms with Gasteiger partial charge in [0.05, 0.1) is 11.6 Å². The van der Waals surface area contributed by atoms with E-state index in [0.29, 0.717) is 30.6 Å². The highest BCUT2D eigenvalue weighted by Gasteiger charge is 2.48. The third kappa shape index (κ3) is 4.78. The van der Waals surface area contributed by atoms with Gasteiger partial charge in [-0.1, -0.05) is 12.1 Å². The van der Waals surface area contributed by atoms with Gasteiger partial charge in [-0.15, -0.1) is 24.8 Å². The number of anilines is 1. The van der Waals surface area contributed by atoms with Gasteiger partial charge in [-0.25, -0.2) is 4.39 Å². The highest BCUT2D eigenvalue weighted by Crippen LogP contribution is 2.47. The molecule has 0 spiro atoms. The lowest BCUT2D eigenvalue weighted by Gasteiger charge is -2.27. The number of hydrogen-bond acceptors (Lipinski definition) is 3. The first kappa shape index (κ1) is 22.0. The third-order valence-electron chi connectivity index (χ3n) is 5.52. The van der Waals surface area contributed by atoms with Crippen molar-refractivity contribution in [2.24, 2.45) is 23.5 Å². The highest BCUT2D eigenvalue weighted by molar-refractivity contribution is 5.85. The summed E-state index contributed by atoms with van der Waals surface area (Å²) in [6, 6.07) is 6.78. The normalized spacial score (nSPS) is 26.5. The van der Waals surface area contributed by atoms with E-state index in [1.807, 2.05) is 18.0 Å². The second-order valence-electron chi connectivity index (χ2n) is 6.95. The number of nitrogens with zero attached hydrogens (tertiary/aromatic N) is 1. The Balaban J connectivity index is 0.00000156. The van der Waals surface area contributed by atoms with Gasteiger partial charge in [0.2, 0.25) is 5.91 Å². The molecule has 25 heavy (non-hydrogen) atoms. The largest absolute Gasteiger partial charge is 0.372 e. The van der Waals surface area contributed by atoms with Gasteiger partial charge in [-0.3, -0.25) is 4.79 Å². The Kier molecular flexibility index (Phi) is 8.45. The topological polar surface area (TPSA) is 58.4 Å². The van der Waals surface area contributed by atoms with Crippen LogP contribution in [0.3, 0.4) is 0 Å². The Hall–Kier alpha value is -1.04. The zero-order chi connectivity index (χ0) is 16.4. The highest BCUT2D eigenvalue weighted by atomic mass is 35.5. The van der Waals surface area contributed by atoms with Gasteiger partial charge >= 0.3 is 0 Å². The summed E-state index contributed by atoms with van der Waals surface area (Å²) in [5.41, 5.74) is 6.79. The van der Waals surface area contributed by atoms with Crippen molar-refractivity contribution < 1.29 is 9.18 Å². The number of rotatable bonds is 6. The molecule has 2 bridgehead atoms. The van der Waals surface area contributed by atoms with Crippen LogP contribution < -0.4 is 16.0 Å². The molecule has 1 aromatic carbocycles. The number of para-hydroxylation sites is 1. The zero-order valence-electron chi connectivity index (χ0n) is 14.5. The van der Waals surface area contributed by atoms with E-state index in [1.54, 1.807) is 12.1 Å². The van der Waals surface area contributed by atoms with Crippen LogP contribution in [-0.4, -0.2) is 32.1 Å². The van der Waals surface area contributed by atoms with Gasteiger partial charge in [-0.2, -0.15) is 0 Å². The van der Waals surface area contributed by atoms with Crippen molar-refractivity contribution in [3.63, 3.8) is 0 Å². The van der Waals surface area contributed by atoms with Crippen LogP contribution >= 0.6 is 24.8 Å². The maximum Gasteiger partial charge on any atom is 0.224 e. The molecule has 2 aliphatic rings. The summed E-state index contributed by atoms with van der Waals surface area (Å²) in [5, 5.41) is 3.02. The Bertz CT molecular complexity index is 573. The monoisotopic (exact) mass is 391 g/mol. The van der Waals surface area contributed by atoms with E-state index in [1.165, 1.54) is 12.5 Å². The number of halogens is 3. The summed E-state index contributed by atoms with van der Waals surface area (Å²) in [7, 11) is 1.87. The van der Waals surface area contributed by atoms with Gasteiger partial charge in [0.25, 0.3) is 0 Å². The van der Waals surface area contributed by atoms with E-state index in [9.17, 15) is 9.18 Å². The molecule has 0 aliphatic heterocycles. The fourth-order valence-corrected chi connectivity index (χ4v) is 4.25.